The Morgan fingerprint density at radius 3 is 2.58 bits per heavy atom. The van der Waals surface area contributed by atoms with Crippen molar-refractivity contribution in [3.8, 4) is 0 Å². The van der Waals surface area contributed by atoms with E-state index in [2.05, 4.69) is 0 Å². The van der Waals surface area contributed by atoms with Crippen LogP contribution in [0.4, 0.5) is 4.39 Å². The molecule has 2 aromatic rings. The van der Waals surface area contributed by atoms with Crippen molar-refractivity contribution in [2.75, 3.05) is 0 Å². The van der Waals surface area contributed by atoms with Crippen molar-refractivity contribution in [1.29, 1.82) is 0 Å². The monoisotopic (exact) mass is 278 g/mol. The molecular weight excluding hydrogens is 263 g/mol. The molecule has 1 atom stereocenters. The van der Waals surface area contributed by atoms with Gasteiger partial charge in [0, 0.05) is 6.42 Å². The molecule has 1 unspecified atom stereocenters. The minimum absolute atomic E-state index is 0.0719. The maximum absolute atomic E-state index is 13.4. The first-order chi connectivity index (χ1) is 8.97. The lowest BCUT2D eigenvalue weighted by molar-refractivity contribution is 0.178. The van der Waals surface area contributed by atoms with Crippen LogP contribution in [-0.2, 0) is 6.42 Å². The van der Waals surface area contributed by atoms with Gasteiger partial charge in [0.25, 0.3) is 0 Å². The van der Waals surface area contributed by atoms with Crippen molar-refractivity contribution in [1.82, 2.24) is 0 Å². The Labute approximate surface area is 117 Å². The molecule has 100 valence electrons. The molecule has 3 heteroatoms. The van der Waals surface area contributed by atoms with Crippen molar-refractivity contribution in [3.63, 3.8) is 0 Å². The molecule has 19 heavy (non-hydrogen) atoms. The Balaban J connectivity index is 2.22. The van der Waals surface area contributed by atoms with Crippen LogP contribution in [0.3, 0.4) is 0 Å². The van der Waals surface area contributed by atoms with Gasteiger partial charge < -0.3 is 5.11 Å². The summed E-state index contributed by atoms with van der Waals surface area (Å²) in [5, 5.41) is 10.3. The summed E-state index contributed by atoms with van der Waals surface area (Å²) < 4.78 is 13.4. The van der Waals surface area contributed by atoms with E-state index in [0.29, 0.717) is 12.0 Å². The van der Waals surface area contributed by atoms with Crippen molar-refractivity contribution in [2.45, 2.75) is 26.4 Å². The van der Waals surface area contributed by atoms with E-state index in [9.17, 15) is 9.50 Å². The number of benzene rings is 2. The lowest BCUT2D eigenvalue weighted by Gasteiger charge is -2.14. The molecule has 0 bridgehead atoms. The van der Waals surface area contributed by atoms with Crippen LogP contribution in [0.25, 0.3) is 0 Å². The third-order valence-corrected chi connectivity index (χ3v) is 3.55. The molecule has 2 rings (SSSR count). The molecule has 0 heterocycles. The quantitative estimate of drug-likeness (QED) is 0.884. The molecule has 0 saturated heterocycles. The standard InChI is InChI=1S/C16H16ClFO/c1-10-3-4-11(2)13(7-10)9-16(19)12-5-6-14(17)15(18)8-12/h3-8,16,19H,9H2,1-2H3. The van der Waals surface area contributed by atoms with Gasteiger partial charge in [-0.1, -0.05) is 41.4 Å². The Bertz CT molecular complexity index is 595. The smallest absolute Gasteiger partial charge is 0.142 e. The summed E-state index contributed by atoms with van der Waals surface area (Å²) in [6.45, 7) is 4.02. The van der Waals surface area contributed by atoms with Crippen molar-refractivity contribution in [3.05, 3.63) is 69.5 Å². The van der Waals surface area contributed by atoms with E-state index in [4.69, 9.17) is 11.6 Å². The first-order valence-electron chi connectivity index (χ1n) is 6.16. The summed E-state index contributed by atoms with van der Waals surface area (Å²) >= 11 is 5.63. The molecule has 0 amide bonds. The molecule has 0 saturated carbocycles. The van der Waals surface area contributed by atoms with Crippen LogP contribution in [-0.4, -0.2) is 5.11 Å². The topological polar surface area (TPSA) is 20.2 Å². The number of hydrogen-bond acceptors (Lipinski definition) is 1. The van der Waals surface area contributed by atoms with Crippen LogP contribution >= 0.6 is 11.6 Å². The van der Waals surface area contributed by atoms with Gasteiger partial charge in [-0.15, -0.1) is 0 Å². The van der Waals surface area contributed by atoms with Crippen molar-refractivity contribution < 1.29 is 9.50 Å². The molecule has 0 aliphatic carbocycles. The number of hydrogen-bond donors (Lipinski definition) is 1. The van der Waals surface area contributed by atoms with E-state index in [1.165, 1.54) is 12.1 Å². The Kier molecular flexibility index (Phi) is 4.23. The second-order valence-corrected chi connectivity index (χ2v) is 5.23. The van der Waals surface area contributed by atoms with Gasteiger partial charge in [-0.2, -0.15) is 0 Å². The SMILES string of the molecule is Cc1ccc(C)c(CC(O)c2ccc(Cl)c(F)c2)c1. The first-order valence-corrected chi connectivity index (χ1v) is 6.54. The maximum Gasteiger partial charge on any atom is 0.142 e. The molecule has 1 N–H and O–H groups in total. The molecule has 0 aliphatic heterocycles. The highest BCUT2D eigenvalue weighted by atomic mass is 35.5. The van der Waals surface area contributed by atoms with Crippen LogP contribution in [0.2, 0.25) is 5.02 Å². The van der Waals surface area contributed by atoms with Crippen LogP contribution in [0.1, 0.15) is 28.4 Å². The zero-order chi connectivity index (χ0) is 14.0. The Morgan fingerprint density at radius 2 is 1.89 bits per heavy atom. The summed E-state index contributed by atoms with van der Waals surface area (Å²) in [5.41, 5.74) is 3.89. The molecular formula is C16H16ClFO. The van der Waals surface area contributed by atoms with E-state index in [1.54, 1.807) is 6.07 Å². The number of aliphatic hydroxyl groups excluding tert-OH is 1. The molecule has 2 aromatic carbocycles. The molecule has 0 radical (unpaired) electrons. The van der Waals surface area contributed by atoms with E-state index in [-0.39, 0.29) is 5.02 Å². The summed E-state index contributed by atoms with van der Waals surface area (Å²) in [7, 11) is 0. The zero-order valence-corrected chi connectivity index (χ0v) is 11.7. The molecule has 0 aliphatic rings. The van der Waals surface area contributed by atoms with Crippen molar-refractivity contribution >= 4 is 11.6 Å². The minimum atomic E-state index is -0.729. The third kappa shape index (κ3) is 3.34. The van der Waals surface area contributed by atoms with E-state index in [1.807, 2.05) is 32.0 Å². The summed E-state index contributed by atoms with van der Waals surface area (Å²) in [5.74, 6) is -0.501. The van der Waals surface area contributed by atoms with Gasteiger partial charge in [0.1, 0.15) is 5.82 Å². The molecule has 0 spiro atoms. The van der Waals surface area contributed by atoms with E-state index >= 15 is 0 Å². The van der Waals surface area contributed by atoms with Crippen LogP contribution in [0.5, 0.6) is 0 Å². The Morgan fingerprint density at radius 1 is 1.16 bits per heavy atom. The van der Waals surface area contributed by atoms with Crippen LogP contribution in [0.15, 0.2) is 36.4 Å². The van der Waals surface area contributed by atoms with Gasteiger partial charge in [-0.3, -0.25) is 0 Å². The zero-order valence-electron chi connectivity index (χ0n) is 11.0. The van der Waals surface area contributed by atoms with Gasteiger partial charge >= 0.3 is 0 Å². The average molecular weight is 279 g/mol. The van der Waals surface area contributed by atoms with Gasteiger partial charge in [-0.25, -0.2) is 4.39 Å². The summed E-state index contributed by atoms with van der Waals surface area (Å²) in [4.78, 5) is 0. The highest BCUT2D eigenvalue weighted by molar-refractivity contribution is 6.30. The summed E-state index contributed by atoms with van der Waals surface area (Å²) in [6, 6.07) is 10.5. The lowest BCUT2D eigenvalue weighted by atomic mass is 9.97. The highest BCUT2D eigenvalue weighted by Gasteiger charge is 2.12. The fourth-order valence-corrected chi connectivity index (χ4v) is 2.18. The third-order valence-electron chi connectivity index (χ3n) is 3.25. The average Bonchev–Trinajstić information content (AvgIpc) is 2.37. The molecule has 0 fully saturated rings. The highest BCUT2D eigenvalue weighted by Crippen LogP contribution is 2.24. The summed E-state index contributed by atoms with van der Waals surface area (Å²) in [6.07, 6.45) is -0.263. The predicted octanol–water partition coefficient (Wildman–Crippen LogP) is 4.37. The van der Waals surface area contributed by atoms with Gasteiger partial charge in [0.2, 0.25) is 0 Å². The number of halogens is 2. The second kappa shape index (κ2) is 5.72. The van der Waals surface area contributed by atoms with Crippen LogP contribution < -0.4 is 0 Å². The number of rotatable bonds is 3. The van der Waals surface area contributed by atoms with E-state index < -0.39 is 11.9 Å². The predicted molar refractivity (Wildman–Crippen MR) is 76.0 cm³/mol. The lowest BCUT2D eigenvalue weighted by Crippen LogP contribution is -2.04. The maximum atomic E-state index is 13.4. The number of aliphatic hydroxyl groups is 1. The van der Waals surface area contributed by atoms with Crippen LogP contribution in [0, 0.1) is 19.7 Å². The van der Waals surface area contributed by atoms with E-state index in [0.717, 1.165) is 16.7 Å². The first kappa shape index (κ1) is 14.0. The molecule has 0 aromatic heterocycles. The van der Waals surface area contributed by atoms with Gasteiger partial charge in [-0.05, 0) is 42.7 Å². The largest absolute Gasteiger partial charge is 0.388 e. The minimum Gasteiger partial charge on any atom is -0.388 e. The normalized spacial score (nSPS) is 12.5. The van der Waals surface area contributed by atoms with Gasteiger partial charge in [0.05, 0.1) is 11.1 Å². The second-order valence-electron chi connectivity index (χ2n) is 4.82. The number of aryl methyl sites for hydroxylation is 2. The van der Waals surface area contributed by atoms with Crippen molar-refractivity contribution in [2.24, 2.45) is 0 Å². The fourth-order valence-electron chi connectivity index (χ4n) is 2.07. The Hall–Kier alpha value is -1.38. The fraction of sp³-hybridized carbons (Fsp3) is 0.250. The molecule has 1 nitrogen and oxygen atoms in total. The van der Waals surface area contributed by atoms with Gasteiger partial charge in [0.15, 0.2) is 0 Å².